The first-order valence-electron chi connectivity index (χ1n) is 9.84. The summed E-state index contributed by atoms with van der Waals surface area (Å²) in [5.41, 5.74) is 2.47. The van der Waals surface area contributed by atoms with Crippen LogP contribution in [0.1, 0.15) is 21.5 Å². The molecule has 0 radical (unpaired) electrons. The number of methoxy groups -OCH3 is 1. The van der Waals surface area contributed by atoms with Crippen LogP contribution in [0.4, 0.5) is 0 Å². The molecule has 3 aromatic rings. The Bertz CT molecular complexity index is 974. The third-order valence-corrected chi connectivity index (χ3v) is 4.85. The van der Waals surface area contributed by atoms with Crippen molar-refractivity contribution < 1.29 is 14.3 Å². The van der Waals surface area contributed by atoms with Gasteiger partial charge in [0.05, 0.1) is 7.11 Å². The number of rotatable bonds is 8. The topological polar surface area (TPSA) is 58.6 Å². The Hall–Kier alpha value is -3.60. The number of benzene rings is 3. The van der Waals surface area contributed by atoms with Gasteiger partial charge >= 0.3 is 0 Å². The van der Waals surface area contributed by atoms with Crippen LogP contribution >= 0.6 is 0 Å². The first-order chi connectivity index (χ1) is 14.6. The summed E-state index contributed by atoms with van der Waals surface area (Å²) < 4.78 is 5.26. The van der Waals surface area contributed by atoms with Crippen molar-refractivity contribution in [1.82, 2.24) is 10.2 Å². The van der Waals surface area contributed by atoms with Crippen LogP contribution in [0.5, 0.6) is 5.75 Å². The van der Waals surface area contributed by atoms with E-state index in [1.54, 1.807) is 43.3 Å². The van der Waals surface area contributed by atoms with E-state index in [1.807, 2.05) is 60.7 Å². The summed E-state index contributed by atoms with van der Waals surface area (Å²) in [5, 5.41) is 2.92. The van der Waals surface area contributed by atoms with E-state index in [1.165, 1.54) is 0 Å². The van der Waals surface area contributed by atoms with E-state index in [2.05, 4.69) is 5.32 Å². The van der Waals surface area contributed by atoms with E-state index < -0.39 is 6.04 Å². The van der Waals surface area contributed by atoms with Crippen LogP contribution in [0.25, 0.3) is 0 Å². The van der Waals surface area contributed by atoms with Crippen LogP contribution in [0.2, 0.25) is 0 Å². The van der Waals surface area contributed by atoms with Crippen molar-refractivity contribution in [1.29, 1.82) is 0 Å². The maximum atomic E-state index is 13.3. The van der Waals surface area contributed by atoms with E-state index in [-0.39, 0.29) is 11.8 Å². The Labute approximate surface area is 177 Å². The van der Waals surface area contributed by atoms with Crippen molar-refractivity contribution in [2.24, 2.45) is 0 Å². The number of likely N-dealkylation sites (N-methyl/N-ethyl adjacent to an activating group) is 1. The van der Waals surface area contributed by atoms with E-state index >= 15 is 0 Å². The summed E-state index contributed by atoms with van der Waals surface area (Å²) in [6.07, 6.45) is 0.417. The lowest BCUT2D eigenvalue weighted by atomic mass is 10.0. The van der Waals surface area contributed by atoms with Crippen LogP contribution in [0, 0.1) is 0 Å². The van der Waals surface area contributed by atoms with Gasteiger partial charge in [-0.05, 0) is 35.4 Å². The van der Waals surface area contributed by atoms with Crippen LogP contribution in [0.3, 0.4) is 0 Å². The fourth-order valence-electron chi connectivity index (χ4n) is 3.27. The van der Waals surface area contributed by atoms with Gasteiger partial charge in [-0.25, -0.2) is 0 Å². The summed E-state index contributed by atoms with van der Waals surface area (Å²) in [6, 6.07) is 25.6. The quantitative estimate of drug-likeness (QED) is 0.625. The van der Waals surface area contributed by atoms with Crippen molar-refractivity contribution in [3.63, 3.8) is 0 Å². The molecule has 0 heterocycles. The second kappa shape index (κ2) is 10.3. The molecule has 0 aliphatic rings. The minimum Gasteiger partial charge on any atom is -0.497 e. The summed E-state index contributed by atoms with van der Waals surface area (Å²) in [7, 11) is 3.36. The molecule has 0 bridgehead atoms. The molecule has 1 atom stereocenters. The maximum Gasteiger partial charge on any atom is 0.251 e. The van der Waals surface area contributed by atoms with Gasteiger partial charge in [-0.1, -0.05) is 60.7 Å². The molecule has 5 nitrogen and oxygen atoms in total. The molecule has 3 aromatic carbocycles. The van der Waals surface area contributed by atoms with Crippen LogP contribution in [0.15, 0.2) is 84.9 Å². The van der Waals surface area contributed by atoms with E-state index in [4.69, 9.17) is 4.74 Å². The fourth-order valence-corrected chi connectivity index (χ4v) is 3.27. The summed E-state index contributed by atoms with van der Waals surface area (Å²) in [4.78, 5) is 27.6. The standard InChI is InChI=1S/C25H26N2O3/c1-27(18-20-12-9-15-22(16-20)30-2)25(29)23(17-19-10-5-3-6-11-19)26-24(28)21-13-7-4-8-14-21/h3-16,23H,17-18H2,1-2H3,(H,26,28). The van der Waals surface area contributed by atoms with Crippen molar-refractivity contribution in [2.75, 3.05) is 14.2 Å². The van der Waals surface area contributed by atoms with Gasteiger partial charge in [-0.2, -0.15) is 0 Å². The molecule has 1 unspecified atom stereocenters. The number of nitrogens with zero attached hydrogens (tertiary/aromatic N) is 1. The molecule has 30 heavy (non-hydrogen) atoms. The molecule has 0 aliphatic carbocycles. The van der Waals surface area contributed by atoms with Gasteiger partial charge in [0.1, 0.15) is 11.8 Å². The van der Waals surface area contributed by atoms with E-state index in [9.17, 15) is 9.59 Å². The molecule has 5 heteroatoms. The first-order valence-corrected chi connectivity index (χ1v) is 9.84. The Morgan fingerprint density at radius 3 is 2.20 bits per heavy atom. The molecule has 0 spiro atoms. The number of hydrogen-bond acceptors (Lipinski definition) is 3. The number of amides is 2. The minimum atomic E-state index is -0.671. The van der Waals surface area contributed by atoms with Gasteiger partial charge in [-0.3, -0.25) is 9.59 Å². The Morgan fingerprint density at radius 2 is 1.53 bits per heavy atom. The minimum absolute atomic E-state index is 0.147. The van der Waals surface area contributed by atoms with Gasteiger partial charge in [0.2, 0.25) is 5.91 Å². The molecule has 0 aromatic heterocycles. The van der Waals surface area contributed by atoms with Gasteiger partial charge in [-0.15, -0.1) is 0 Å². The highest BCUT2D eigenvalue weighted by molar-refractivity contribution is 5.97. The normalized spacial score (nSPS) is 11.4. The summed E-state index contributed by atoms with van der Waals surface area (Å²) in [6.45, 7) is 0.419. The second-order valence-electron chi connectivity index (χ2n) is 7.13. The predicted octanol–water partition coefficient (Wildman–Crippen LogP) is 3.69. The zero-order chi connectivity index (χ0) is 21.3. The van der Waals surface area contributed by atoms with Gasteiger partial charge in [0, 0.05) is 25.6 Å². The highest BCUT2D eigenvalue weighted by Gasteiger charge is 2.25. The maximum absolute atomic E-state index is 13.3. The van der Waals surface area contributed by atoms with Crippen molar-refractivity contribution >= 4 is 11.8 Å². The van der Waals surface area contributed by atoms with Gasteiger partial charge in [0.25, 0.3) is 5.91 Å². The number of ether oxygens (including phenoxy) is 1. The van der Waals surface area contributed by atoms with Crippen molar-refractivity contribution in [3.05, 3.63) is 102 Å². The smallest absolute Gasteiger partial charge is 0.251 e. The Morgan fingerprint density at radius 1 is 0.900 bits per heavy atom. The lowest BCUT2D eigenvalue weighted by molar-refractivity contribution is -0.132. The predicted molar refractivity (Wildman–Crippen MR) is 117 cm³/mol. The highest BCUT2D eigenvalue weighted by atomic mass is 16.5. The third-order valence-electron chi connectivity index (χ3n) is 4.85. The Balaban J connectivity index is 1.77. The van der Waals surface area contributed by atoms with Gasteiger partial charge < -0.3 is 15.0 Å². The van der Waals surface area contributed by atoms with E-state index in [0.717, 1.165) is 16.9 Å². The van der Waals surface area contributed by atoms with Gasteiger partial charge in [0.15, 0.2) is 0 Å². The highest BCUT2D eigenvalue weighted by Crippen LogP contribution is 2.15. The molecular formula is C25H26N2O3. The van der Waals surface area contributed by atoms with Crippen LogP contribution in [-0.4, -0.2) is 36.9 Å². The zero-order valence-electron chi connectivity index (χ0n) is 17.2. The molecule has 0 fully saturated rings. The van der Waals surface area contributed by atoms with E-state index in [0.29, 0.717) is 18.5 Å². The number of nitrogens with one attached hydrogen (secondary N) is 1. The summed E-state index contributed by atoms with van der Waals surface area (Å²) in [5.74, 6) is 0.331. The molecular weight excluding hydrogens is 376 g/mol. The molecule has 0 saturated carbocycles. The van der Waals surface area contributed by atoms with Crippen molar-refractivity contribution in [2.45, 2.75) is 19.0 Å². The number of hydrogen-bond donors (Lipinski definition) is 1. The molecule has 0 aliphatic heterocycles. The van der Waals surface area contributed by atoms with Crippen LogP contribution in [-0.2, 0) is 17.8 Å². The number of carbonyl (C=O) groups is 2. The zero-order valence-corrected chi connectivity index (χ0v) is 17.2. The second-order valence-corrected chi connectivity index (χ2v) is 7.13. The Kier molecular flexibility index (Phi) is 7.22. The number of carbonyl (C=O) groups excluding carboxylic acids is 2. The fraction of sp³-hybridized carbons (Fsp3) is 0.200. The lowest BCUT2D eigenvalue weighted by Crippen LogP contribution is -2.48. The summed E-state index contributed by atoms with van der Waals surface area (Å²) >= 11 is 0. The average molecular weight is 402 g/mol. The third kappa shape index (κ3) is 5.70. The molecule has 0 saturated heterocycles. The largest absolute Gasteiger partial charge is 0.497 e. The molecule has 2 amide bonds. The monoisotopic (exact) mass is 402 g/mol. The molecule has 3 rings (SSSR count). The SMILES string of the molecule is COc1cccc(CN(C)C(=O)C(Cc2ccccc2)NC(=O)c2ccccc2)c1. The lowest BCUT2D eigenvalue weighted by Gasteiger charge is -2.25. The van der Waals surface area contributed by atoms with Crippen LogP contribution < -0.4 is 10.1 Å². The average Bonchev–Trinajstić information content (AvgIpc) is 2.79. The molecule has 154 valence electrons. The first kappa shape index (κ1) is 21.1. The molecule has 1 N–H and O–H groups in total. The van der Waals surface area contributed by atoms with Crippen molar-refractivity contribution in [3.8, 4) is 5.75 Å².